The Labute approximate surface area is 181 Å². The molecule has 3 rings (SSSR count). The molecule has 10 heteroatoms. The van der Waals surface area contributed by atoms with Crippen LogP contribution in [-0.4, -0.2) is 45.2 Å². The average Bonchev–Trinajstić information content (AvgIpc) is 3.32. The monoisotopic (exact) mass is 444 g/mol. The Morgan fingerprint density at radius 2 is 1.97 bits per heavy atom. The van der Waals surface area contributed by atoms with Crippen LogP contribution in [0.3, 0.4) is 0 Å². The Balaban J connectivity index is 1.69. The van der Waals surface area contributed by atoms with E-state index in [1.807, 2.05) is 30.3 Å². The summed E-state index contributed by atoms with van der Waals surface area (Å²) in [6, 6.07) is 9.53. The normalized spacial score (nSPS) is 10.6. The number of aromatic nitrogens is 3. The number of aromatic amines is 1. The number of nitrogens with zero attached hydrogens (tertiary/aromatic N) is 2. The van der Waals surface area contributed by atoms with Crippen LogP contribution in [0.15, 0.2) is 35.5 Å². The molecule has 0 bridgehead atoms. The van der Waals surface area contributed by atoms with Crippen molar-refractivity contribution in [3.63, 3.8) is 0 Å². The summed E-state index contributed by atoms with van der Waals surface area (Å²) in [6.45, 7) is 4.98. The Bertz CT molecular complexity index is 1080. The van der Waals surface area contributed by atoms with Gasteiger partial charge in [-0.15, -0.1) is 16.4 Å². The summed E-state index contributed by atoms with van der Waals surface area (Å²) in [7, 11) is 0. The van der Waals surface area contributed by atoms with Crippen LogP contribution >= 0.6 is 23.1 Å². The van der Waals surface area contributed by atoms with Crippen LogP contribution in [0.2, 0.25) is 0 Å². The number of ketones is 1. The van der Waals surface area contributed by atoms with E-state index in [9.17, 15) is 14.4 Å². The van der Waals surface area contributed by atoms with Crippen molar-refractivity contribution in [2.75, 3.05) is 17.7 Å². The molecule has 8 nitrogen and oxygen atoms in total. The first-order valence-electron chi connectivity index (χ1n) is 9.12. The number of thiophene rings is 1. The SMILES string of the molecule is CCOC(=O)c1c(NC(=O)CSc2n[nH]c(-c3ccccc3)n2)sc(C(C)=O)c1C. The van der Waals surface area contributed by atoms with Crippen LogP contribution in [0.25, 0.3) is 11.4 Å². The van der Waals surface area contributed by atoms with Crippen molar-refractivity contribution in [3.8, 4) is 11.4 Å². The summed E-state index contributed by atoms with van der Waals surface area (Å²) in [5, 5.41) is 10.4. The third-order valence-corrected chi connectivity index (χ3v) is 6.20. The molecule has 0 saturated heterocycles. The van der Waals surface area contributed by atoms with E-state index in [2.05, 4.69) is 20.5 Å². The second-order valence-electron chi connectivity index (χ2n) is 6.21. The molecule has 2 aromatic heterocycles. The highest BCUT2D eigenvalue weighted by Crippen LogP contribution is 2.34. The van der Waals surface area contributed by atoms with Gasteiger partial charge in [-0.05, 0) is 26.3 Å². The van der Waals surface area contributed by atoms with Crippen LogP contribution in [0.4, 0.5) is 5.00 Å². The number of amides is 1. The number of carbonyl (C=O) groups excluding carboxylic acids is 3. The predicted octanol–water partition coefficient (Wildman–Crippen LogP) is 3.95. The number of benzene rings is 1. The van der Waals surface area contributed by atoms with Crippen LogP contribution in [0, 0.1) is 6.92 Å². The molecule has 0 aliphatic carbocycles. The highest BCUT2D eigenvalue weighted by atomic mass is 32.2. The largest absolute Gasteiger partial charge is 0.462 e. The highest BCUT2D eigenvalue weighted by Gasteiger charge is 2.25. The van der Waals surface area contributed by atoms with E-state index >= 15 is 0 Å². The fraction of sp³-hybridized carbons (Fsp3) is 0.250. The lowest BCUT2D eigenvalue weighted by Gasteiger charge is -2.06. The van der Waals surface area contributed by atoms with Crippen molar-refractivity contribution in [1.82, 2.24) is 15.2 Å². The first kappa shape index (κ1) is 21.7. The van der Waals surface area contributed by atoms with Gasteiger partial charge < -0.3 is 10.1 Å². The lowest BCUT2D eigenvalue weighted by atomic mass is 10.1. The molecule has 1 amide bonds. The minimum absolute atomic E-state index is 0.0424. The van der Waals surface area contributed by atoms with E-state index in [-0.39, 0.29) is 29.6 Å². The Kier molecular flexibility index (Phi) is 7.01. The van der Waals surface area contributed by atoms with Gasteiger partial charge in [0.15, 0.2) is 11.6 Å². The highest BCUT2D eigenvalue weighted by molar-refractivity contribution is 7.99. The van der Waals surface area contributed by atoms with Gasteiger partial charge in [-0.3, -0.25) is 14.7 Å². The molecule has 1 aromatic carbocycles. The molecule has 0 aliphatic rings. The van der Waals surface area contributed by atoms with Crippen LogP contribution < -0.4 is 5.32 Å². The maximum Gasteiger partial charge on any atom is 0.341 e. The van der Waals surface area contributed by atoms with E-state index in [1.165, 1.54) is 6.92 Å². The summed E-state index contributed by atoms with van der Waals surface area (Å²) >= 11 is 2.23. The van der Waals surface area contributed by atoms with Crippen molar-refractivity contribution in [1.29, 1.82) is 0 Å². The minimum atomic E-state index is -0.567. The van der Waals surface area contributed by atoms with Gasteiger partial charge in [-0.25, -0.2) is 9.78 Å². The molecule has 0 spiro atoms. The lowest BCUT2D eigenvalue weighted by molar-refractivity contribution is -0.113. The van der Waals surface area contributed by atoms with Crippen molar-refractivity contribution in [2.24, 2.45) is 0 Å². The van der Waals surface area contributed by atoms with Gasteiger partial charge in [0.25, 0.3) is 0 Å². The van der Waals surface area contributed by atoms with Crippen molar-refractivity contribution >= 4 is 45.8 Å². The fourth-order valence-corrected chi connectivity index (χ4v) is 4.42. The maximum atomic E-state index is 12.5. The molecule has 2 heterocycles. The number of thioether (sulfide) groups is 1. The van der Waals surface area contributed by atoms with Gasteiger partial charge in [0.05, 0.1) is 22.8 Å². The smallest absolute Gasteiger partial charge is 0.341 e. The molecular weight excluding hydrogens is 424 g/mol. The van der Waals surface area contributed by atoms with Gasteiger partial charge in [-0.2, -0.15) is 0 Å². The van der Waals surface area contributed by atoms with Crippen LogP contribution in [-0.2, 0) is 9.53 Å². The van der Waals surface area contributed by atoms with E-state index in [4.69, 9.17) is 4.74 Å². The molecule has 30 heavy (non-hydrogen) atoms. The fourth-order valence-electron chi connectivity index (χ4n) is 2.72. The first-order chi connectivity index (χ1) is 14.4. The van der Waals surface area contributed by atoms with Crippen LogP contribution in [0.5, 0.6) is 0 Å². The molecule has 0 aliphatic heterocycles. The molecule has 0 saturated carbocycles. The first-order valence-corrected chi connectivity index (χ1v) is 10.9. The Morgan fingerprint density at radius 3 is 2.63 bits per heavy atom. The number of anilines is 1. The molecule has 156 valence electrons. The van der Waals surface area contributed by atoms with Crippen molar-refractivity contribution in [2.45, 2.75) is 25.9 Å². The predicted molar refractivity (Wildman–Crippen MR) is 116 cm³/mol. The minimum Gasteiger partial charge on any atom is -0.462 e. The quantitative estimate of drug-likeness (QED) is 0.307. The van der Waals surface area contributed by atoms with E-state index in [1.54, 1.807) is 13.8 Å². The zero-order valence-corrected chi connectivity index (χ0v) is 18.3. The van der Waals surface area contributed by atoms with E-state index in [0.717, 1.165) is 28.7 Å². The summed E-state index contributed by atoms with van der Waals surface area (Å²) in [6.07, 6.45) is 0. The van der Waals surface area contributed by atoms with Crippen molar-refractivity contribution in [3.05, 3.63) is 46.3 Å². The third kappa shape index (κ3) is 4.95. The number of carbonyl (C=O) groups is 3. The Morgan fingerprint density at radius 1 is 1.23 bits per heavy atom. The van der Waals surface area contributed by atoms with Gasteiger partial charge in [0.1, 0.15) is 5.00 Å². The second-order valence-corrected chi connectivity index (χ2v) is 8.17. The summed E-state index contributed by atoms with van der Waals surface area (Å²) in [4.78, 5) is 41.4. The molecule has 0 fully saturated rings. The number of hydrogen-bond acceptors (Lipinski definition) is 8. The van der Waals surface area contributed by atoms with Gasteiger partial charge in [-0.1, -0.05) is 42.1 Å². The number of esters is 1. The summed E-state index contributed by atoms with van der Waals surface area (Å²) in [5.74, 6) is -0.424. The summed E-state index contributed by atoms with van der Waals surface area (Å²) in [5.41, 5.74) is 1.62. The van der Waals surface area contributed by atoms with Gasteiger partial charge >= 0.3 is 5.97 Å². The average molecular weight is 445 g/mol. The molecule has 2 N–H and O–H groups in total. The molecule has 0 atom stereocenters. The Hall–Kier alpha value is -2.98. The number of ether oxygens (including phenoxy) is 1. The number of rotatable bonds is 8. The molecule has 3 aromatic rings. The summed E-state index contributed by atoms with van der Waals surface area (Å²) < 4.78 is 5.07. The number of nitrogens with one attached hydrogen (secondary N) is 2. The standard InChI is InChI=1S/C20H20N4O4S2/c1-4-28-19(27)15-11(2)16(12(3)25)30-18(15)21-14(26)10-29-20-22-17(23-24-20)13-8-6-5-7-9-13/h5-9H,4,10H2,1-3H3,(H,21,26)(H,22,23,24). The molecular formula is C20H20N4O4S2. The lowest BCUT2D eigenvalue weighted by Crippen LogP contribution is -2.16. The maximum absolute atomic E-state index is 12.5. The molecule has 0 radical (unpaired) electrons. The topological polar surface area (TPSA) is 114 Å². The van der Waals surface area contributed by atoms with E-state index < -0.39 is 5.97 Å². The van der Waals surface area contributed by atoms with Crippen molar-refractivity contribution < 1.29 is 19.1 Å². The second kappa shape index (κ2) is 9.68. The zero-order valence-electron chi connectivity index (χ0n) is 16.6. The number of H-pyrrole nitrogens is 1. The number of Topliss-reactive ketones (excluding diaryl/α,β-unsaturated/α-hetero) is 1. The van der Waals surface area contributed by atoms with Gasteiger partial charge in [0.2, 0.25) is 11.1 Å². The number of hydrogen-bond donors (Lipinski definition) is 2. The zero-order chi connectivity index (χ0) is 21.7. The van der Waals surface area contributed by atoms with Crippen LogP contribution in [0.1, 0.15) is 39.4 Å². The molecule has 0 unspecified atom stereocenters. The van der Waals surface area contributed by atoms with Gasteiger partial charge in [0, 0.05) is 5.56 Å². The van der Waals surface area contributed by atoms with E-state index in [0.29, 0.717) is 26.4 Å². The third-order valence-electron chi connectivity index (χ3n) is 4.04.